The summed E-state index contributed by atoms with van der Waals surface area (Å²) in [5.41, 5.74) is 6.12. The molecule has 0 aliphatic rings. The Hall–Kier alpha value is -1.22. The lowest BCUT2D eigenvalue weighted by molar-refractivity contribution is 0.510. The highest BCUT2D eigenvalue weighted by atomic mass is 19.1. The number of hydrogen-bond donors (Lipinski definition) is 1. The average Bonchev–Trinajstić information content (AvgIpc) is 2.21. The van der Waals surface area contributed by atoms with Crippen molar-refractivity contribution < 1.29 is 8.78 Å². The molecule has 0 bridgehead atoms. The number of aryl methyl sites for hydroxylation is 1. The predicted molar refractivity (Wildman–Crippen MR) is 57.5 cm³/mol. The molecule has 3 heteroatoms. The second-order valence-corrected chi connectivity index (χ2v) is 3.56. The van der Waals surface area contributed by atoms with Gasteiger partial charge in [-0.15, -0.1) is 6.58 Å². The van der Waals surface area contributed by atoms with Gasteiger partial charge in [0.15, 0.2) is 0 Å². The molecule has 0 aliphatic heterocycles. The lowest BCUT2D eigenvalue weighted by Crippen LogP contribution is -2.14. The van der Waals surface area contributed by atoms with Gasteiger partial charge in [0.2, 0.25) is 0 Å². The van der Waals surface area contributed by atoms with Crippen LogP contribution < -0.4 is 5.73 Å². The van der Waals surface area contributed by atoms with Crippen LogP contribution in [0.25, 0.3) is 0 Å². The SMILES string of the molecule is C=CCC[C@H](N)c1c(F)ccc(C)c1F. The molecule has 0 aromatic heterocycles. The van der Waals surface area contributed by atoms with Crippen molar-refractivity contribution >= 4 is 0 Å². The van der Waals surface area contributed by atoms with Crippen molar-refractivity contribution in [3.63, 3.8) is 0 Å². The van der Waals surface area contributed by atoms with E-state index in [2.05, 4.69) is 6.58 Å². The zero-order valence-corrected chi connectivity index (χ0v) is 8.76. The Morgan fingerprint density at radius 2 is 2.13 bits per heavy atom. The molecule has 1 rings (SSSR count). The molecule has 0 unspecified atom stereocenters. The van der Waals surface area contributed by atoms with Crippen LogP contribution in [0.5, 0.6) is 0 Å². The Balaban J connectivity index is 3.01. The quantitative estimate of drug-likeness (QED) is 0.760. The Labute approximate surface area is 88.6 Å². The topological polar surface area (TPSA) is 26.0 Å². The molecule has 2 N–H and O–H groups in total. The van der Waals surface area contributed by atoms with Crippen molar-refractivity contribution in [1.29, 1.82) is 0 Å². The van der Waals surface area contributed by atoms with E-state index in [1.807, 2.05) is 0 Å². The molecular formula is C12H15F2N. The largest absolute Gasteiger partial charge is 0.324 e. The molecule has 1 aromatic rings. The van der Waals surface area contributed by atoms with Crippen LogP contribution in [0.2, 0.25) is 0 Å². The van der Waals surface area contributed by atoms with Crippen molar-refractivity contribution in [3.05, 3.63) is 47.5 Å². The first-order valence-electron chi connectivity index (χ1n) is 4.89. The Morgan fingerprint density at radius 3 is 2.73 bits per heavy atom. The van der Waals surface area contributed by atoms with Gasteiger partial charge >= 0.3 is 0 Å². The molecule has 0 heterocycles. The van der Waals surface area contributed by atoms with Gasteiger partial charge in [-0.2, -0.15) is 0 Å². The van der Waals surface area contributed by atoms with E-state index in [-0.39, 0.29) is 5.56 Å². The third-order valence-corrected chi connectivity index (χ3v) is 2.37. The number of nitrogens with two attached hydrogens (primary N) is 1. The molecule has 0 saturated carbocycles. The number of benzene rings is 1. The van der Waals surface area contributed by atoms with Gasteiger partial charge in [-0.05, 0) is 31.4 Å². The highest BCUT2D eigenvalue weighted by Crippen LogP contribution is 2.24. The standard InChI is InChI=1S/C12H15F2N/c1-3-4-5-10(15)11-9(13)7-6-8(2)12(11)14/h3,6-7,10H,1,4-5,15H2,2H3/t10-/m0/s1. The van der Waals surface area contributed by atoms with E-state index in [0.29, 0.717) is 18.4 Å². The van der Waals surface area contributed by atoms with Gasteiger partial charge in [0, 0.05) is 11.6 Å². The van der Waals surface area contributed by atoms with Crippen molar-refractivity contribution in [2.24, 2.45) is 5.73 Å². The van der Waals surface area contributed by atoms with Gasteiger partial charge in [-0.25, -0.2) is 8.78 Å². The van der Waals surface area contributed by atoms with E-state index >= 15 is 0 Å². The van der Waals surface area contributed by atoms with Crippen molar-refractivity contribution in [2.75, 3.05) is 0 Å². The van der Waals surface area contributed by atoms with E-state index in [1.54, 1.807) is 13.0 Å². The van der Waals surface area contributed by atoms with Crippen LogP contribution in [0.3, 0.4) is 0 Å². The Bertz CT molecular complexity index is 361. The van der Waals surface area contributed by atoms with Crippen LogP contribution in [0, 0.1) is 18.6 Å². The Morgan fingerprint density at radius 1 is 1.47 bits per heavy atom. The van der Waals surface area contributed by atoms with E-state index in [1.165, 1.54) is 12.1 Å². The molecule has 82 valence electrons. The summed E-state index contributed by atoms with van der Waals surface area (Å²) in [5, 5.41) is 0. The van der Waals surface area contributed by atoms with Gasteiger partial charge in [0.05, 0.1) is 0 Å². The molecule has 1 aromatic carbocycles. The van der Waals surface area contributed by atoms with Crippen molar-refractivity contribution in [3.8, 4) is 0 Å². The fourth-order valence-electron chi connectivity index (χ4n) is 1.46. The minimum atomic E-state index is -0.608. The van der Waals surface area contributed by atoms with Crippen LogP contribution >= 0.6 is 0 Å². The number of allylic oxidation sites excluding steroid dienone is 1. The van der Waals surface area contributed by atoms with Gasteiger partial charge in [0.25, 0.3) is 0 Å². The van der Waals surface area contributed by atoms with E-state index < -0.39 is 17.7 Å². The number of rotatable bonds is 4. The molecule has 1 nitrogen and oxygen atoms in total. The monoisotopic (exact) mass is 211 g/mol. The Kier molecular flexibility index (Phi) is 3.97. The summed E-state index contributed by atoms with van der Waals surface area (Å²) in [7, 11) is 0. The molecule has 0 amide bonds. The zero-order valence-electron chi connectivity index (χ0n) is 8.76. The minimum absolute atomic E-state index is 0.0168. The molecule has 1 atom stereocenters. The lowest BCUT2D eigenvalue weighted by atomic mass is 9.99. The summed E-state index contributed by atoms with van der Waals surface area (Å²) in [4.78, 5) is 0. The first-order chi connectivity index (χ1) is 7.07. The molecule has 0 spiro atoms. The highest BCUT2D eigenvalue weighted by Gasteiger charge is 2.17. The lowest BCUT2D eigenvalue weighted by Gasteiger charge is -2.14. The number of hydrogen-bond acceptors (Lipinski definition) is 1. The normalized spacial score (nSPS) is 12.5. The van der Waals surface area contributed by atoms with Crippen LogP contribution in [0.1, 0.15) is 30.0 Å². The van der Waals surface area contributed by atoms with Crippen LogP contribution in [0.4, 0.5) is 8.78 Å². The van der Waals surface area contributed by atoms with Gasteiger partial charge in [-0.3, -0.25) is 0 Å². The molecular weight excluding hydrogens is 196 g/mol. The van der Waals surface area contributed by atoms with Crippen molar-refractivity contribution in [1.82, 2.24) is 0 Å². The fourth-order valence-corrected chi connectivity index (χ4v) is 1.46. The summed E-state index contributed by atoms with van der Waals surface area (Å²) in [5.74, 6) is -1.11. The van der Waals surface area contributed by atoms with E-state index in [4.69, 9.17) is 5.73 Å². The summed E-state index contributed by atoms with van der Waals surface area (Å²) >= 11 is 0. The third kappa shape index (κ3) is 2.63. The number of halogens is 2. The van der Waals surface area contributed by atoms with Crippen molar-refractivity contribution in [2.45, 2.75) is 25.8 Å². The van der Waals surface area contributed by atoms with Crippen LogP contribution in [-0.2, 0) is 0 Å². The second-order valence-electron chi connectivity index (χ2n) is 3.56. The summed E-state index contributed by atoms with van der Waals surface area (Å²) in [6.07, 6.45) is 2.83. The minimum Gasteiger partial charge on any atom is -0.324 e. The van der Waals surface area contributed by atoms with Gasteiger partial charge in [0.1, 0.15) is 11.6 Å². The summed E-state index contributed by atoms with van der Waals surface area (Å²) in [6, 6.07) is 2.05. The second kappa shape index (κ2) is 5.03. The summed E-state index contributed by atoms with van der Waals surface area (Å²) in [6.45, 7) is 5.14. The zero-order chi connectivity index (χ0) is 11.4. The predicted octanol–water partition coefficient (Wildman–Crippen LogP) is 3.24. The molecule has 0 aliphatic carbocycles. The van der Waals surface area contributed by atoms with Gasteiger partial charge in [-0.1, -0.05) is 12.1 Å². The van der Waals surface area contributed by atoms with E-state index in [0.717, 1.165) is 0 Å². The van der Waals surface area contributed by atoms with E-state index in [9.17, 15) is 8.78 Å². The first-order valence-corrected chi connectivity index (χ1v) is 4.89. The molecule has 0 fully saturated rings. The third-order valence-electron chi connectivity index (χ3n) is 2.37. The maximum absolute atomic E-state index is 13.6. The van der Waals surface area contributed by atoms with Crippen LogP contribution in [0.15, 0.2) is 24.8 Å². The summed E-state index contributed by atoms with van der Waals surface area (Å²) < 4.78 is 27.0. The molecule has 0 saturated heterocycles. The highest BCUT2D eigenvalue weighted by molar-refractivity contribution is 5.29. The average molecular weight is 211 g/mol. The smallest absolute Gasteiger partial charge is 0.133 e. The molecule has 15 heavy (non-hydrogen) atoms. The molecule has 0 radical (unpaired) electrons. The maximum Gasteiger partial charge on any atom is 0.133 e. The fraction of sp³-hybridized carbons (Fsp3) is 0.333. The maximum atomic E-state index is 13.6. The van der Waals surface area contributed by atoms with Crippen LogP contribution in [-0.4, -0.2) is 0 Å². The van der Waals surface area contributed by atoms with Gasteiger partial charge < -0.3 is 5.73 Å². The first kappa shape index (κ1) is 11.9.